The van der Waals surface area contributed by atoms with E-state index in [2.05, 4.69) is 10.3 Å². The third-order valence-corrected chi connectivity index (χ3v) is 5.30. The first kappa shape index (κ1) is 19.6. The zero-order valence-corrected chi connectivity index (χ0v) is 16.6. The van der Waals surface area contributed by atoms with Crippen LogP contribution in [0.25, 0.3) is 11.1 Å². The average Bonchev–Trinajstić information content (AvgIpc) is 3.04. The average molecular weight is 435 g/mol. The van der Waals surface area contributed by atoms with Crippen molar-refractivity contribution in [3.8, 4) is 16.9 Å². The predicted octanol–water partition coefficient (Wildman–Crippen LogP) is 6.12. The van der Waals surface area contributed by atoms with Gasteiger partial charge in [-0.3, -0.25) is 9.78 Å². The van der Waals surface area contributed by atoms with Gasteiger partial charge in [-0.2, -0.15) is 8.78 Å². The molecular weight excluding hydrogens is 421 g/mol. The molecule has 3 aromatic rings. The normalized spacial score (nSPS) is 11.9. The number of nitrogens with zero attached hydrogens (tertiary/aromatic N) is 1. The van der Waals surface area contributed by atoms with Crippen molar-refractivity contribution < 1.29 is 18.3 Å². The van der Waals surface area contributed by atoms with Gasteiger partial charge in [0.05, 0.1) is 15.7 Å². The highest BCUT2D eigenvalue weighted by Gasteiger charge is 2.29. The lowest BCUT2D eigenvalue weighted by molar-refractivity contribution is -0.0503. The van der Waals surface area contributed by atoms with Crippen molar-refractivity contribution in [2.45, 2.75) is 20.0 Å². The maximum Gasteiger partial charge on any atom is 0.387 e. The van der Waals surface area contributed by atoms with Crippen LogP contribution in [0.1, 0.15) is 27.0 Å². The number of aromatic nitrogens is 1. The standard InChI is InChI=1S/C21H14Cl2F2N2O2/c1-10-2-3-11-7-14-17(29-21(24)25)5-4-12(18(14)13(11)6-10)20(28)27-19-15(22)8-26-9-16(19)23/h2-6,8-9,21H,7H2,1H3,(H,26,27,28). The second-order valence-corrected chi connectivity index (χ2v) is 7.43. The summed E-state index contributed by atoms with van der Waals surface area (Å²) in [4.78, 5) is 16.9. The van der Waals surface area contributed by atoms with E-state index in [0.717, 1.165) is 16.7 Å². The van der Waals surface area contributed by atoms with E-state index < -0.39 is 12.5 Å². The Labute approximate surface area is 175 Å². The lowest BCUT2D eigenvalue weighted by Gasteiger charge is -2.15. The number of alkyl halides is 2. The molecular formula is C21H14Cl2F2N2O2. The van der Waals surface area contributed by atoms with Crippen molar-refractivity contribution in [3.05, 3.63) is 75.0 Å². The minimum Gasteiger partial charge on any atom is -0.435 e. The molecule has 4 rings (SSSR count). The van der Waals surface area contributed by atoms with E-state index in [1.54, 1.807) is 0 Å². The van der Waals surface area contributed by atoms with Crippen LogP contribution in [0.3, 0.4) is 0 Å². The zero-order valence-electron chi connectivity index (χ0n) is 15.1. The molecule has 1 aromatic heterocycles. The molecule has 1 amide bonds. The maximum atomic E-state index is 13.1. The number of hydrogen-bond acceptors (Lipinski definition) is 3. The van der Waals surface area contributed by atoms with E-state index >= 15 is 0 Å². The molecule has 1 heterocycles. The summed E-state index contributed by atoms with van der Waals surface area (Å²) < 4.78 is 30.5. The zero-order chi connectivity index (χ0) is 20.7. The van der Waals surface area contributed by atoms with Crippen molar-refractivity contribution in [1.29, 1.82) is 0 Å². The summed E-state index contributed by atoms with van der Waals surface area (Å²) in [5.41, 5.74) is 4.41. The van der Waals surface area contributed by atoms with Crippen molar-refractivity contribution in [1.82, 2.24) is 4.98 Å². The Morgan fingerprint density at radius 3 is 2.59 bits per heavy atom. The van der Waals surface area contributed by atoms with Gasteiger partial charge < -0.3 is 10.1 Å². The number of anilines is 1. The molecule has 0 saturated heterocycles. The number of fused-ring (bicyclic) bond motifs is 3. The molecule has 0 atom stereocenters. The number of pyridine rings is 1. The van der Waals surface area contributed by atoms with Crippen LogP contribution < -0.4 is 10.1 Å². The number of carbonyl (C=O) groups excluding carboxylic acids is 1. The Hall–Kier alpha value is -2.70. The first-order valence-electron chi connectivity index (χ1n) is 8.66. The van der Waals surface area contributed by atoms with Gasteiger partial charge in [0.15, 0.2) is 0 Å². The molecule has 0 aliphatic heterocycles. The first-order valence-corrected chi connectivity index (χ1v) is 9.41. The largest absolute Gasteiger partial charge is 0.435 e. The van der Waals surface area contributed by atoms with Crippen LogP contribution in [0.4, 0.5) is 14.5 Å². The second kappa shape index (κ2) is 7.61. The summed E-state index contributed by atoms with van der Waals surface area (Å²) in [5, 5.41) is 3.08. The Bertz CT molecular complexity index is 1120. The van der Waals surface area contributed by atoms with Crippen molar-refractivity contribution in [3.63, 3.8) is 0 Å². The number of rotatable bonds is 4. The lowest BCUT2D eigenvalue weighted by Crippen LogP contribution is -2.15. The molecule has 148 valence electrons. The third kappa shape index (κ3) is 3.66. The first-order chi connectivity index (χ1) is 13.8. The minimum absolute atomic E-state index is 0.0559. The third-order valence-electron chi connectivity index (χ3n) is 4.72. The molecule has 0 unspecified atom stereocenters. The van der Waals surface area contributed by atoms with E-state index in [9.17, 15) is 13.6 Å². The highest BCUT2D eigenvalue weighted by Crippen LogP contribution is 2.44. The fourth-order valence-corrected chi connectivity index (χ4v) is 3.95. The summed E-state index contributed by atoms with van der Waals surface area (Å²) in [6.07, 6.45) is 3.13. The molecule has 1 N–H and O–H groups in total. The summed E-state index contributed by atoms with van der Waals surface area (Å²) in [5.74, 6) is -0.408. The van der Waals surface area contributed by atoms with Crippen LogP contribution in [-0.4, -0.2) is 17.5 Å². The number of ether oxygens (including phenoxy) is 1. The van der Waals surface area contributed by atoms with E-state index in [-0.39, 0.29) is 21.5 Å². The smallest absolute Gasteiger partial charge is 0.387 e. The molecule has 0 spiro atoms. The number of carbonyl (C=O) groups is 1. The quantitative estimate of drug-likeness (QED) is 0.420. The number of aryl methyl sites for hydroxylation is 1. The van der Waals surface area contributed by atoms with Gasteiger partial charge in [0, 0.05) is 35.5 Å². The van der Waals surface area contributed by atoms with Gasteiger partial charge in [-0.15, -0.1) is 0 Å². The summed E-state index contributed by atoms with van der Waals surface area (Å²) >= 11 is 12.2. The Kier molecular flexibility index (Phi) is 5.15. The highest BCUT2D eigenvalue weighted by molar-refractivity contribution is 6.39. The van der Waals surface area contributed by atoms with Gasteiger partial charge in [-0.05, 0) is 30.2 Å². The minimum atomic E-state index is -2.96. The summed E-state index contributed by atoms with van der Waals surface area (Å²) in [6, 6.07) is 8.64. The molecule has 2 aromatic carbocycles. The molecule has 0 fully saturated rings. The Morgan fingerprint density at radius 1 is 1.17 bits per heavy atom. The maximum absolute atomic E-state index is 13.1. The number of hydrogen-bond donors (Lipinski definition) is 1. The topological polar surface area (TPSA) is 51.2 Å². The molecule has 8 heteroatoms. The molecule has 1 aliphatic rings. The van der Waals surface area contributed by atoms with Gasteiger partial charge >= 0.3 is 6.61 Å². The lowest BCUT2D eigenvalue weighted by atomic mass is 9.97. The van der Waals surface area contributed by atoms with Crippen molar-refractivity contribution in [2.24, 2.45) is 0 Å². The van der Waals surface area contributed by atoms with Gasteiger partial charge in [0.2, 0.25) is 0 Å². The van der Waals surface area contributed by atoms with Crippen molar-refractivity contribution in [2.75, 3.05) is 5.32 Å². The van der Waals surface area contributed by atoms with Crippen LogP contribution in [0, 0.1) is 6.92 Å². The SMILES string of the molecule is Cc1ccc2c(c1)-c1c(C(=O)Nc3c(Cl)cncc3Cl)ccc(OC(F)F)c1C2. The van der Waals surface area contributed by atoms with Crippen LogP contribution in [-0.2, 0) is 6.42 Å². The molecule has 1 aliphatic carbocycles. The van der Waals surface area contributed by atoms with Gasteiger partial charge in [-0.1, -0.05) is 47.0 Å². The van der Waals surface area contributed by atoms with Gasteiger partial charge in [-0.25, -0.2) is 0 Å². The Morgan fingerprint density at radius 2 is 1.90 bits per heavy atom. The fourth-order valence-electron chi connectivity index (χ4n) is 3.49. The van der Waals surface area contributed by atoms with Gasteiger partial charge in [0.25, 0.3) is 5.91 Å². The number of benzene rings is 2. The number of nitrogens with one attached hydrogen (secondary N) is 1. The van der Waals surface area contributed by atoms with Crippen LogP contribution in [0.2, 0.25) is 10.0 Å². The molecule has 0 radical (unpaired) electrons. The predicted molar refractivity (Wildman–Crippen MR) is 108 cm³/mol. The van der Waals surface area contributed by atoms with Crippen molar-refractivity contribution >= 4 is 34.8 Å². The fraction of sp³-hybridized carbons (Fsp3) is 0.143. The summed E-state index contributed by atoms with van der Waals surface area (Å²) in [7, 11) is 0. The van der Waals surface area contributed by atoms with E-state index in [1.807, 2.05) is 25.1 Å². The van der Waals surface area contributed by atoms with Crippen LogP contribution in [0.5, 0.6) is 5.75 Å². The number of amides is 1. The van der Waals surface area contributed by atoms with Gasteiger partial charge in [0.1, 0.15) is 5.75 Å². The van der Waals surface area contributed by atoms with Crippen LogP contribution in [0.15, 0.2) is 42.7 Å². The number of halogens is 4. The second-order valence-electron chi connectivity index (χ2n) is 6.61. The van der Waals surface area contributed by atoms with E-state index in [1.165, 1.54) is 24.5 Å². The van der Waals surface area contributed by atoms with E-state index in [4.69, 9.17) is 27.9 Å². The molecule has 0 bridgehead atoms. The Balaban J connectivity index is 1.83. The monoisotopic (exact) mass is 434 g/mol. The van der Waals surface area contributed by atoms with E-state index in [0.29, 0.717) is 23.1 Å². The molecule has 4 nitrogen and oxygen atoms in total. The van der Waals surface area contributed by atoms with Crippen LogP contribution >= 0.6 is 23.2 Å². The molecule has 0 saturated carbocycles. The highest BCUT2D eigenvalue weighted by atomic mass is 35.5. The summed E-state index contributed by atoms with van der Waals surface area (Å²) in [6.45, 7) is -1.03. The molecule has 29 heavy (non-hydrogen) atoms.